The molecule has 0 radical (unpaired) electrons. The standard InChI is InChI=1S/C23H33Cl3GeO3/c1-13(28)21-20(27(24,25)26)12-19-17-6-5-15-11-16(30-14(2)29)7-9-22(15,3)18(17)8-10-23(19,21)4/h5,16-21H,6-12H2,1-4H3/t16-,17+,18-,19-,20-,21-,22-,23-/m0/s1. The van der Waals surface area contributed by atoms with Crippen molar-refractivity contribution in [3.8, 4) is 0 Å². The Morgan fingerprint density at radius 3 is 2.40 bits per heavy atom. The van der Waals surface area contributed by atoms with E-state index in [1.165, 1.54) is 12.5 Å². The number of halogens is 3. The summed E-state index contributed by atoms with van der Waals surface area (Å²) in [6.07, 6.45) is 9.40. The molecular weight excluding hydrogens is 503 g/mol. The predicted octanol–water partition coefficient (Wildman–Crippen LogP) is 6.72. The van der Waals surface area contributed by atoms with Crippen molar-refractivity contribution in [2.24, 2.45) is 34.5 Å². The zero-order valence-corrected chi connectivity index (χ0v) is 22.7. The third-order valence-electron chi connectivity index (χ3n) is 9.31. The molecule has 0 unspecified atom stereocenters. The number of allylic oxidation sites excluding steroid dienone is 1. The Balaban J connectivity index is 1.64. The summed E-state index contributed by atoms with van der Waals surface area (Å²) in [5.41, 5.74) is 1.58. The number of carbonyl (C=O) groups is 2. The van der Waals surface area contributed by atoms with Gasteiger partial charge < -0.3 is 0 Å². The van der Waals surface area contributed by atoms with E-state index in [1.807, 2.05) is 0 Å². The van der Waals surface area contributed by atoms with E-state index in [2.05, 4.69) is 19.9 Å². The molecule has 3 nitrogen and oxygen atoms in total. The van der Waals surface area contributed by atoms with Crippen molar-refractivity contribution in [1.29, 1.82) is 0 Å². The van der Waals surface area contributed by atoms with Crippen molar-refractivity contribution in [1.82, 2.24) is 0 Å². The van der Waals surface area contributed by atoms with Gasteiger partial charge in [-0.2, -0.15) is 0 Å². The third kappa shape index (κ3) is 3.72. The van der Waals surface area contributed by atoms with Crippen molar-refractivity contribution in [2.45, 2.75) is 83.5 Å². The molecule has 4 aliphatic rings. The summed E-state index contributed by atoms with van der Waals surface area (Å²) in [7, 11) is 16.2. The SMILES string of the molecule is CC(=O)O[C@H]1CC[C@@]2(C)C(=CC[C@H]3[C@@H]4C[C@H]([Ge]([Cl])([Cl])[Cl])[C@H](C(C)=O)[C@@]4(C)CC[C@@H]32)C1. The van der Waals surface area contributed by atoms with Crippen LogP contribution in [0.4, 0.5) is 0 Å². The Bertz CT molecular complexity index is 778. The Hall–Kier alpha value is 0.293. The molecule has 0 aromatic carbocycles. The molecule has 8 atom stereocenters. The van der Waals surface area contributed by atoms with E-state index >= 15 is 0 Å². The fraction of sp³-hybridized carbons (Fsp3) is 0.826. The average Bonchev–Trinajstić information content (AvgIpc) is 2.95. The van der Waals surface area contributed by atoms with Crippen LogP contribution in [-0.2, 0) is 14.3 Å². The fourth-order valence-corrected chi connectivity index (χ4v) is 14.6. The number of hydrogen-bond donors (Lipinski definition) is 0. The second-order valence-electron chi connectivity index (χ2n) is 10.8. The number of carbonyl (C=O) groups excluding carboxylic acids is 2. The van der Waals surface area contributed by atoms with Gasteiger partial charge in [-0.25, -0.2) is 0 Å². The molecule has 0 spiro atoms. The molecule has 4 aliphatic carbocycles. The molecule has 0 amide bonds. The third-order valence-corrected chi connectivity index (χ3v) is 16.6. The average molecular weight is 536 g/mol. The fourth-order valence-electron chi connectivity index (χ4n) is 8.08. The van der Waals surface area contributed by atoms with Crippen molar-refractivity contribution in [3.63, 3.8) is 0 Å². The maximum absolute atomic E-state index is 12.7. The van der Waals surface area contributed by atoms with Gasteiger partial charge in [-0.1, -0.05) is 0 Å². The maximum atomic E-state index is 12.7. The van der Waals surface area contributed by atoms with Crippen LogP contribution in [0.3, 0.4) is 0 Å². The summed E-state index contributed by atoms with van der Waals surface area (Å²) in [5.74, 6) is 1.51. The molecule has 0 aromatic rings. The van der Waals surface area contributed by atoms with E-state index in [1.54, 1.807) is 6.92 Å². The summed E-state index contributed by atoms with van der Waals surface area (Å²) < 4.78 is 5.51. The summed E-state index contributed by atoms with van der Waals surface area (Å²) in [5, 5.41) is 0. The number of esters is 1. The second-order valence-corrected chi connectivity index (χ2v) is 26.9. The molecule has 30 heavy (non-hydrogen) atoms. The Morgan fingerprint density at radius 1 is 1.10 bits per heavy atom. The van der Waals surface area contributed by atoms with Crippen LogP contribution in [0.25, 0.3) is 0 Å². The Labute approximate surface area is 195 Å². The first kappa shape index (κ1) is 23.5. The van der Waals surface area contributed by atoms with Gasteiger partial charge in [0.1, 0.15) is 0 Å². The normalized spacial score (nSPS) is 45.6. The predicted molar refractivity (Wildman–Crippen MR) is 124 cm³/mol. The van der Waals surface area contributed by atoms with Crippen LogP contribution in [0.15, 0.2) is 11.6 Å². The molecule has 0 heterocycles. The topological polar surface area (TPSA) is 43.4 Å². The van der Waals surface area contributed by atoms with Crippen molar-refractivity contribution < 1.29 is 14.3 Å². The van der Waals surface area contributed by atoms with Gasteiger partial charge in [0.2, 0.25) is 0 Å². The number of ether oxygens (including phenoxy) is 1. The zero-order valence-electron chi connectivity index (χ0n) is 18.3. The van der Waals surface area contributed by atoms with Crippen molar-refractivity contribution >= 4 is 52.3 Å². The quantitative estimate of drug-likeness (QED) is 0.229. The monoisotopic (exact) mass is 536 g/mol. The van der Waals surface area contributed by atoms with Crippen LogP contribution in [-0.4, -0.2) is 28.3 Å². The van der Waals surface area contributed by atoms with Crippen molar-refractivity contribution in [3.05, 3.63) is 11.6 Å². The van der Waals surface area contributed by atoms with Crippen LogP contribution in [0.2, 0.25) is 4.75 Å². The summed E-state index contributed by atoms with van der Waals surface area (Å²) >= 11 is 0. The van der Waals surface area contributed by atoms with E-state index in [0.29, 0.717) is 17.8 Å². The summed E-state index contributed by atoms with van der Waals surface area (Å²) in [6.45, 7) is 7.92. The van der Waals surface area contributed by atoms with Gasteiger partial charge in [-0.3, -0.25) is 0 Å². The van der Waals surface area contributed by atoms with Crippen LogP contribution in [0, 0.1) is 34.5 Å². The van der Waals surface area contributed by atoms with Gasteiger partial charge in [-0.15, -0.1) is 0 Å². The van der Waals surface area contributed by atoms with Gasteiger partial charge in [0, 0.05) is 0 Å². The van der Waals surface area contributed by atoms with E-state index in [9.17, 15) is 9.59 Å². The van der Waals surface area contributed by atoms with Crippen LogP contribution < -0.4 is 0 Å². The minimum absolute atomic E-state index is 0.0163. The molecular formula is C23H33Cl3GeO3. The van der Waals surface area contributed by atoms with Crippen LogP contribution in [0.1, 0.15) is 72.6 Å². The molecule has 0 aliphatic heterocycles. The molecule has 3 fully saturated rings. The van der Waals surface area contributed by atoms with Gasteiger partial charge in [0.15, 0.2) is 0 Å². The van der Waals surface area contributed by atoms with E-state index in [4.69, 9.17) is 34.8 Å². The van der Waals surface area contributed by atoms with Gasteiger partial charge >= 0.3 is 196 Å². The zero-order chi connectivity index (χ0) is 22.1. The van der Waals surface area contributed by atoms with E-state index < -0.39 is 10.5 Å². The molecule has 168 valence electrons. The van der Waals surface area contributed by atoms with E-state index in [0.717, 1.165) is 44.9 Å². The molecule has 3 saturated carbocycles. The van der Waals surface area contributed by atoms with E-state index in [-0.39, 0.29) is 39.4 Å². The van der Waals surface area contributed by atoms with Crippen LogP contribution in [0.5, 0.6) is 0 Å². The number of Topliss-reactive ketones (excluding diaryl/α,β-unsaturated/α-hetero) is 1. The molecule has 0 N–H and O–H groups in total. The summed E-state index contributed by atoms with van der Waals surface area (Å²) in [4.78, 5) is 24.2. The van der Waals surface area contributed by atoms with Gasteiger partial charge in [0.05, 0.1) is 0 Å². The van der Waals surface area contributed by atoms with Gasteiger partial charge in [0.25, 0.3) is 0 Å². The van der Waals surface area contributed by atoms with Gasteiger partial charge in [-0.05, 0) is 0 Å². The first-order chi connectivity index (χ1) is 13.9. The number of fused-ring (bicyclic) bond motifs is 5. The number of hydrogen-bond acceptors (Lipinski definition) is 3. The molecule has 0 aromatic heterocycles. The Morgan fingerprint density at radius 2 is 1.80 bits per heavy atom. The first-order valence-corrected chi connectivity index (χ1v) is 20.8. The minimum atomic E-state index is -3.54. The first-order valence-electron chi connectivity index (χ1n) is 11.3. The molecule has 4 rings (SSSR count). The van der Waals surface area contributed by atoms with Crippen molar-refractivity contribution in [2.75, 3.05) is 0 Å². The molecule has 0 saturated heterocycles. The second kappa shape index (κ2) is 7.95. The summed E-state index contributed by atoms with van der Waals surface area (Å²) in [6, 6.07) is 0. The number of ketones is 1. The Kier molecular flexibility index (Phi) is 6.22. The molecule has 0 bridgehead atoms. The van der Waals surface area contributed by atoms with Crippen LogP contribution >= 0.6 is 30.0 Å². The molecule has 7 heteroatoms. The number of rotatable bonds is 3.